The molecule has 1 amide bonds. The zero-order valence-corrected chi connectivity index (χ0v) is 12.2. The van der Waals surface area contributed by atoms with Crippen LogP contribution >= 0.6 is 0 Å². The Morgan fingerprint density at radius 3 is 2.50 bits per heavy atom. The van der Waals surface area contributed by atoms with Crippen LogP contribution in [-0.2, 0) is 5.72 Å². The van der Waals surface area contributed by atoms with Crippen molar-refractivity contribution in [2.75, 3.05) is 0 Å². The summed E-state index contributed by atoms with van der Waals surface area (Å²) < 4.78 is 6.09. The zero-order chi connectivity index (χ0) is 15.2. The lowest BCUT2D eigenvalue weighted by Crippen LogP contribution is -2.51. The van der Waals surface area contributed by atoms with E-state index in [9.17, 15) is 4.79 Å². The van der Waals surface area contributed by atoms with Gasteiger partial charge in [-0.3, -0.25) is 4.79 Å². The van der Waals surface area contributed by atoms with Crippen molar-refractivity contribution >= 4 is 16.7 Å². The van der Waals surface area contributed by atoms with Crippen molar-refractivity contribution < 1.29 is 9.53 Å². The van der Waals surface area contributed by atoms with Crippen molar-refractivity contribution in [3.8, 4) is 5.75 Å². The molecule has 3 heteroatoms. The monoisotopic (exact) mass is 289 g/mol. The SMILES string of the molecule is CC1(c2ccc3ccccc3c2)NC(=O)c2ccccc2O1. The molecule has 3 nitrogen and oxygen atoms in total. The van der Waals surface area contributed by atoms with Crippen molar-refractivity contribution in [3.05, 3.63) is 77.9 Å². The number of benzene rings is 3. The number of rotatable bonds is 1. The van der Waals surface area contributed by atoms with E-state index in [1.807, 2.05) is 49.4 Å². The minimum atomic E-state index is -0.866. The third-order valence-electron chi connectivity index (χ3n) is 4.10. The van der Waals surface area contributed by atoms with Gasteiger partial charge < -0.3 is 10.1 Å². The predicted octanol–water partition coefficient (Wildman–Crippen LogP) is 3.83. The molecule has 1 aliphatic heterocycles. The molecule has 0 radical (unpaired) electrons. The molecule has 3 aromatic carbocycles. The average molecular weight is 289 g/mol. The van der Waals surface area contributed by atoms with Crippen LogP contribution in [0.5, 0.6) is 5.75 Å². The summed E-state index contributed by atoms with van der Waals surface area (Å²) in [6.07, 6.45) is 0. The second kappa shape index (κ2) is 4.60. The van der Waals surface area contributed by atoms with Crippen molar-refractivity contribution in [2.24, 2.45) is 0 Å². The van der Waals surface area contributed by atoms with Crippen LogP contribution in [0.2, 0.25) is 0 Å². The van der Waals surface area contributed by atoms with E-state index in [0.29, 0.717) is 11.3 Å². The number of hydrogen-bond acceptors (Lipinski definition) is 2. The summed E-state index contributed by atoms with van der Waals surface area (Å²) in [5.41, 5.74) is 0.630. The Bertz CT molecular complexity index is 887. The summed E-state index contributed by atoms with van der Waals surface area (Å²) in [7, 11) is 0. The van der Waals surface area contributed by atoms with Crippen LogP contribution in [0.3, 0.4) is 0 Å². The van der Waals surface area contributed by atoms with Gasteiger partial charge >= 0.3 is 0 Å². The maximum Gasteiger partial charge on any atom is 0.258 e. The molecule has 0 bridgehead atoms. The highest BCUT2D eigenvalue weighted by Gasteiger charge is 2.37. The summed E-state index contributed by atoms with van der Waals surface area (Å²) in [4.78, 5) is 12.3. The van der Waals surface area contributed by atoms with Crippen molar-refractivity contribution in [3.63, 3.8) is 0 Å². The average Bonchev–Trinajstić information content (AvgIpc) is 2.54. The lowest BCUT2D eigenvalue weighted by atomic mass is 9.98. The molecule has 108 valence electrons. The van der Waals surface area contributed by atoms with Crippen LogP contribution in [0.25, 0.3) is 10.8 Å². The Balaban J connectivity index is 1.82. The second-order valence-corrected chi connectivity index (χ2v) is 5.65. The summed E-state index contributed by atoms with van der Waals surface area (Å²) in [6.45, 7) is 1.88. The van der Waals surface area contributed by atoms with Gasteiger partial charge in [-0.05, 0) is 35.9 Å². The summed E-state index contributed by atoms with van der Waals surface area (Å²) in [5, 5.41) is 5.26. The highest BCUT2D eigenvalue weighted by molar-refractivity contribution is 5.98. The highest BCUT2D eigenvalue weighted by Crippen LogP contribution is 2.34. The van der Waals surface area contributed by atoms with E-state index in [1.54, 1.807) is 6.07 Å². The van der Waals surface area contributed by atoms with E-state index >= 15 is 0 Å². The maximum atomic E-state index is 12.3. The number of nitrogens with one attached hydrogen (secondary N) is 1. The van der Waals surface area contributed by atoms with Gasteiger partial charge in [0, 0.05) is 5.56 Å². The van der Waals surface area contributed by atoms with Crippen LogP contribution in [0.1, 0.15) is 22.8 Å². The fourth-order valence-corrected chi connectivity index (χ4v) is 2.89. The van der Waals surface area contributed by atoms with Crippen LogP contribution in [-0.4, -0.2) is 5.91 Å². The minimum Gasteiger partial charge on any atom is -0.463 e. The van der Waals surface area contributed by atoms with Crippen LogP contribution < -0.4 is 10.1 Å². The first kappa shape index (κ1) is 12.9. The molecule has 0 aromatic heterocycles. The molecular formula is C19H15NO2. The van der Waals surface area contributed by atoms with Gasteiger partial charge in [0.2, 0.25) is 5.72 Å². The molecular weight excluding hydrogens is 274 g/mol. The second-order valence-electron chi connectivity index (χ2n) is 5.65. The molecule has 0 saturated carbocycles. The first-order chi connectivity index (χ1) is 10.7. The number of para-hydroxylation sites is 1. The fraction of sp³-hybridized carbons (Fsp3) is 0.105. The molecule has 3 aromatic rings. The van der Waals surface area contributed by atoms with E-state index in [2.05, 4.69) is 23.5 Å². The van der Waals surface area contributed by atoms with Gasteiger partial charge in [0.1, 0.15) is 5.75 Å². The fourth-order valence-electron chi connectivity index (χ4n) is 2.89. The largest absolute Gasteiger partial charge is 0.463 e. The van der Waals surface area contributed by atoms with E-state index in [1.165, 1.54) is 0 Å². The topological polar surface area (TPSA) is 38.3 Å². The molecule has 1 N–H and O–H groups in total. The number of fused-ring (bicyclic) bond motifs is 2. The zero-order valence-electron chi connectivity index (χ0n) is 12.2. The Labute approximate surface area is 128 Å². The van der Waals surface area contributed by atoms with Crippen LogP contribution in [0.15, 0.2) is 66.7 Å². The summed E-state index contributed by atoms with van der Waals surface area (Å²) in [5.74, 6) is 0.499. The molecule has 0 fully saturated rings. The van der Waals surface area contributed by atoms with Gasteiger partial charge in [-0.2, -0.15) is 0 Å². The standard InChI is InChI=1S/C19H15NO2/c1-19(15-11-10-13-6-2-3-7-14(13)12-15)20-18(21)16-8-4-5-9-17(16)22-19/h2-12H,1H3,(H,20,21). The Kier molecular flexibility index (Phi) is 2.70. The lowest BCUT2D eigenvalue weighted by molar-refractivity contribution is 0.0290. The lowest BCUT2D eigenvalue weighted by Gasteiger charge is -2.36. The van der Waals surface area contributed by atoms with E-state index < -0.39 is 5.72 Å². The molecule has 0 spiro atoms. The number of carbonyl (C=O) groups excluding carboxylic acids is 1. The first-order valence-corrected chi connectivity index (χ1v) is 7.26. The normalized spacial score (nSPS) is 20.1. The third-order valence-corrected chi connectivity index (χ3v) is 4.10. The Morgan fingerprint density at radius 1 is 0.909 bits per heavy atom. The molecule has 0 saturated heterocycles. The van der Waals surface area contributed by atoms with Gasteiger partial charge in [0.15, 0.2) is 0 Å². The molecule has 1 heterocycles. The van der Waals surface area contributed by atoms with E-state index in [0.717, 1.165) is 16.3 Å². The number of amides is 1. The number of hydrogen-bond donors (Lipinski definition) is 1. The minimum absolute atomic E-state index is 0.113. The van der Waals surface area contributed by atoms with Crippen molar-refractivity contribution in [1.82, 2.24) is 5.32 Å². The van der Waals surface area contributed by atoms with E-state index in [4.69, 9.17) is 4.74 Å². The van der Waals surface area contributed by atoms with Crippen LogP contribution in [0.4, 0.5) is 0 Å². The molecule has 1 atom stereocenters. The summed E-state index contributed by atoms with van der Waals surface area (Å²) >= 11 is 0. The molecule has 4 rings (SSSR count). The Morgan fingerprint density at radius 2 is 1.64 bits per heavy atom. The Hall–Kier alpha value is -2.81. The third kappa shape index (κ3) is 1.94. The van der Waals surface area contributed by atoms with E-state index in [-0.39, 0.29) is 5.91 Å². The van der Waals surface area contributed by atoms with Crippen molar-refractivity contribution in [1.29, 1.82) is 0 Å². The quantitative estimate of drug-likeness (QED) is 0.739. The maximum absolute atomic E-state index is 12.3. The molecule has 22 heavy (non-hydrogen) atoms. The number of carbonyl (C=O) groups is 1. The highest BCUT2D eigenvalue weighted by atomic mass is 16.5. The first-order valence-electron chi connectivity index (χ1n) is 7.26. The van der Waals surface area contributed by atoms with Crippen LogP contribution in [0, 0.1) is 0 Å². The van der Waals surface area contributed by atoms with Crippen molar-refractivity contribution in [2.45, 2.75) is 12.6 Å². The molecule has 0 aliphatic carbocycles. The van der Waals surface area contributed by atoms with Gasteiger partial charge in [0.05, 0.1) is 5.56 Å². The van der Waals surface area contributed by atoms with Gasteiger partial charge in [-0.1, -0.05) is 48.5 Å². The molecule has 1 unspecified atom stereocenters. The van der Waals surface area contributed by atoms with Gasteiger partial charge in [-0.25, -0.2) is 0 Å². The smallest absolute Gasteiger partial charge is 0.258 e. The van der Waals surface area contributed by atoms with Gasteiger partial charge in [-0.15, -0.1) is 0 Å². The predicted molar refractivity (Wildman–Crippen MR) is 85.8 cm³/mol. The molecule has 1 aliphatic rings. The van der Waals surface area contributed by atoms with Gasteiger partial charge in [0.25, 0.3) is 5.91 Å². The summed E-state index contributed by atoms with van der Waals surface area (Å²) in [6, 6.07) is 21.5. The number of ether oxygens (including phenoxy) is 1.